The van der Waals surface area contributed by atoms with Crippen LogP contribution in [0.15, 0.2) is 24.3 Å². The van der Waals surface area contributed by atoms with Crippen LogP contribution in [0.2, 0.25) is 0 Å². The van der Waals surface area contributed by atoms with E-state index in [1.807, 2.05) is 0 Å². The van der Waals surface area contributed by atoms with Gasteiger partial charge in [0, 0.05) is 18.2 Å². The second kappa shape index (κ2) is 4.49. The Morgan fingerprint density at radius 1 is 1.29 bits per heavy atom. The highest BCUT2D eigenvalue weighted by atomic mass is 19.4. The highest BCUT2D eigenvalue weighted by Crippen LogP contribution is 2.38. The summed E-state index contributed by atoms with van der Waals surface area (Å²) in [6.07, 6.45) is -3.50. The molecule has 0 amide bonds. The van der Waals surface area contributed by atoms with Gasteiger partial charge in [0.15, 0.2) is 0 Å². The van der Waals surface area contributed by atoms with Crippen molar-refractivity contribution in [1.29, 1.82) is 0 Å². The zero-order valence-corrected chi connectivity index (χ0v) is 9.00. The summed E-state index contributed by atoms with van der Waals surface area (Å²) in [5.41, 5.74) is 1.10. The highest BCUT2D eigenvalue weighted by molar-refractivity contribution is 5.77. The first kappa shape index (κ1) is 12.1. The lowest BCUT2D eigenvalue weighted by Crippen LogP contribution is -2.24. The number of benzene rings is 1. The van der Waals surface area contributed by atoms with Crippen LogP contribution in [0.5, 0.6) is 0 Å². The monoisotopic (exact) mass is 243 g/mol. The van der Waals surface area contributed by atoms with Gasteiger partial charge in [-0.3, -0.25) is 4.79 Å². The molecule has 1 N–H and O–H groups in total. The molecule has 1 aliphatic heterocycles. The molecule has 92 valence electrons. The fraction of sp³-hybridized carbons (Fsp3) is 0.417. The summed E-state index contributed by atoms with van der Waals surface area (Å²) in [7, 11) is 0. The first-order chi connectivity index (χ1) is 8.02. The van der Waals surface area contributed by atoms with Gasteiger partial charge in [-0.1, -0.05) is 24.3 Å². The van der Waals surface area contributed by atoms with Crippen molar-refractivity contribution in [3.8, 4) is 0 Å². The zero-order chi connectivity index (χ0) is 12.5. The van der Waals surface area contributed by atoms with Crippen LogP contribution in [0.3, 0.4) is 0 Å². The van der Waals surface area contributed by atoms with Gasteiger partial charge in [0.1, 0.15) is 6.29 Å². The minimum atomic E-state index is -4.17. The van der Waals surface area contributed by atoms with Crippen molar-refractivity contribution in [2.75, 3.05) is 6.54 Å². The maximum Gasteiger partial charge on any atom is 0.393 e. The lowest BCUT2D eigenvalue weighted by Gasteiger charge is -2.14. The predicted octanol–water partition coefficient (Wildman–Crippen LogP) is 2.71. The quantitative estimate of drug-likeness (QED) is 0.809. The number of rotatable bonds is 2. The summed E-state index contributed by atoms with van der Waals surface area (Å²) in [6, 6.07) is 6.35. The summed E-state index contributed by atoms with van der Waals surface area (Å²) >= 11 is 0. The molecule has 1 heterocycles. The third kappa shape index (κ3) is 2.49. The van der Waals surface area contributed by atoms with Crippen LogP contribution in [0.4, 0.5) is 13.2 Å². The van der Waals surface area contributed by atoms with Gasteiger partial charge >= 0.3 is 6.18 Å². The molecule has 1 fully saturated rings. The van der Waals surface area contributed by atoms with Crippen molar-refractivity contribution in [3.05, 3.63) is 35.4 Å². The molecule has 0 radical (unpaired) electrons. The molecule has 2 rings (SSSR count). The SMILES string of the molecule is O=Cc1ccccc1C1CC(C(F)(F)F)CN1. The predicted molar refractivity (Wildman–Crippen MR) is 56.7 cm³/mol. The molecule has 17 heavy (non-hydrogen) atoms. The summed E-state index contributed by atoms with van der Waals surface area (Å²) < 4.78 is 37.6. The topological polar surface area (TPSA) is 29.1 Å². The number of carbonyl (C=O) groups is 1. The maximum absolute atomic E-state index is 12.5. The molecule has 1 aromatic rings. The van der Waals surface area contributed by atoms with Crippen LogP contribution < -0.4 is 5.32 Å². The molecule has 0 aromatic heterocycles. The Hall–Kier alpha value is -1.36. The van der Waals surface area contributed by atoms with E-state index in [1.54, 1.807) is 24.3 Å². The fourth-order valence-corrected chi connectivity index (χ4v) is 2.16. The lowest BCUT2D eigenvalue weighted by molar-refractivity contribution is -0.169. The highest BCUT2D eigenvalue weighted by Gasteiger charge is 2.44. The van der Waals surface area contributed by atoms with E-state index in [9.17, 15) is 18.0 Å². The smallest absolute Gasteiger partial charge is 0.309 e. The van der Waals surface area contributed by atoms with Gasteiger partial charge in [0.2, 0.25) is 0 Å². The number of hydrogen-bond donors (Lipinski definition) is 1. The van der Waals surface area contributed by atoms with Crippen LogP contribution in [0.1, 0.15) is 28.4 Å². The van der Waals surface area contributed by atoms with E-state index >= 15 is 0 Å². The van der Waals surface area contributed by atoms with E-state index in [-0.39, 0.29) is 19.0 Å². The molecular formula is C12H12F3NO. The molecule has 0 saturated carbocycles. The minimum Gasteiger partial charge on any atom is -0.309 e. The maximum atomic E-state index is 12.5. The fourth-order valence-electron chi connectivity index (χ4n) is 2.16. The molecule has 0 aliphatic carbocycles. The molecule has 2 atom stereocenters. The lowest BCUT2D eigenvalue weighted by atomic mass is 9.96. The van der Waals surface area contributed by atoms with Gasteiger partial charge in [0.25, 0.3) is 0 Å². The Morgan fingerprint density at radius 2 is 2.00 bits per heavy atom. The molecule has 1 aromatic carbocycles. The van der Waals surface area contributed by atoms with Crippen molar-refractivity contribution in [3.63, 3.8) is 0 Å². The molecule has 1 saturated heterocycles. The van der Waals surface area contributed by atoms with Crippen molar-refractivity contribution in [2.45, 2.75) is 18.6 Å². The third-order valence-electron chi connectivity index (χ3n) is 3.09. The second-order valence-electron chi connectivity index (χ2n) is 4.18. The Kier molecular flexibility index (Phi) is 3.19. The summed E-state index contributed by atoms with van der Waals surface area (Å²) in [6.45, 7) is -0.0820. The van der Waals surface area contributed by atoms with E-state index in [2.05, 4.69) is 5.32 Å². The van der Waals surface area contributed by atoms with Crippen molar-refractivity contribution in [1.82, 2.24) is 5.32 Å². The van der Waals surface area contributed by atoms with E-state index in [1.165, 1.54) is 0 Å². The summed E-state index contributed by atoms with van der Waals surface area (Å²) in [5, 5.41) is 2.83. The molecule has 1 aliphatic rings. The van der Waals surface area contributed by atoms with Gasteiger partial charge in [0.05, 0.1) is 5.92 Å². The number of carbonyl (C=O) groups excluding carboxylic acids is 1. The van der Waals surface area contributed by atoms with Crippen molar-refractivity contribution in [2.24, 2.45) is 5.92 Å². The van der Waals surface area contributed by atoms with Gasteiger partial charge in [-0.2, -0.15) is 13.2 Å². The van der Waals surface area contributed by atoms with E-state index < -0.39 is 12.1 Å². The van der Waals surface area contributed by atoms with E-state index in [0.717, 1.165) is 0 Å². The number of nitrogens with one attached hydrogen (secondary N) is 1. The molecule has 2 unspecified atom stereocenters. The summed E-state index contributed by atoms with van der Waals surface area (Å²) in [4.78, 5) is 10.8. The van der Waals surface area contributed by atoms with E-state index in [0.29, 0.717) is 17.4 Å². The van der Waals surface area contributed by atoms with E-state index in [4.69, 9.17) is 0 Å². The molecule has 0 bridgehead atoms. The number of aldehydes is 1. The molecular weight excluding hydrogens is 231 g/mol. The van der Waals surface area contributed by atoms with Gasteiger partial charge in [-0.15, -0.1) is 0 Å². The Morgan fingerprint density at radius 3 is 2.59 bits per heavy atom. The van der Waals surface area contributed by atoms with Gasteiger partial charge in [-0.05, 0) is 12.0 Å². The molecule has 5 heteroatoms. The Bertz CT molecular complexity index is 416. The first-order valence-corrected chi connectivity index (χ1v) is 5.36. The van der Waals surface area contributed by atoms with Crippen LogP contribution in [0, 0.1) is 5.92 Å². The van der Waals surface area contributed by atoms with Crippen LogP contribution in [0.25, 0.3) is 0 Å². The number of alkyl halides is 3. The number of halogens is 3. The molecule has 0 spiro atoms. The normalized spacial score (nSPS) is 24.9. The van der Waals surface area contributed by atoms with Gasteiger partial charge in [-0.25, -0.2) is 0 Å². The zero-order valence-electron chi connectivity index (χ0n) is 9.00. The third-order valence-corrected chi connectivity index (χ3v) is 3.09. The van der Waals surface area contributed by atoms with Gasteiger partial charge < -0.3 is 5.32 Å². The Balaban J connectivity index is 2.18. The largest absolute Gasteiger partial charge is 0.393 e. The standard InChI is InChI=1S/C12H12F3NO/c13-12(14,15)9-5-11(16-6-9)10-4-2-1-3-8(10)7-17/h1-4,7,9,11,16H,5-6H2. The number of hydrogen-bond acceptors (Lipinski definition) is 2. The Labute approximate surface area is 96.8 Å². The van der Waals surface area contributed by atoms with Crippen molar-refractivity contribution >= 4 is 6.29 Å². The second-order valence-corrected chi connectivity index (χ2v) is 4.18. The average molecular weight is 243 g/mol. The molecule has 2 nitrogen and oxygen atoms in total. The van der Waals surface area contributed by atoms with Crippen LogP contribution in [-0.2, 0) is 0 Å². The average Bonchev–Trinajstić information content (AvgIpc) is 2.77. The van der Waals surface area contributed by atoms with Crippen molar-refractivity contribution < 1.29 is 18.0 Å². The summed E-state index contributed by atoms with van der Waals surface area (Å²) in [5.74, 6) is -1.33. The van der Waals surface area contributed by atoms with Crippen LogP contribution in [-0.4, -0.2) is 19.0 Å². The minimum absolute atomic E-state index is 0.00560. The van der Waals surface area contributed by atoms with Crippen LogP contribution >= 0.6 is 0 Å². The first-order valence-electron chi connectivity index (χ1n) is 5.36.